The van der Waals surface area contributed by atoms with Crippen molar-refractivity contribution < 1.29 is 24.1 Å². The van der Waals surface area contributed by atoms with Gasteiger partial charge in [-0.1, -0.05) is 12.1 Å². The summed E-state index contributed by atoms with van der Waals surface area (Å²) in [5.74, 6) is -0.382. The number of para-hydroxylation sites is 2. The van der Waals surface area contributed by atoms with Crippen LogP contribution in [0.1, 0.15) is 0 Å². The molecule has 0 saturated heterocycles. The molecule has 2 rings (SSSR count). The summed E-state index contributed by atoms with van der Waals surface area (Å²) in [6, 6.07) is 8.39. The number of hydrogen-bond acceptors (Lipinski definition) is 7. The lowest BCUT2D eigenvalue weighted by atomic mass is 10.2. The molecule has 0 heterocycles. The molecule has 0 unspecified atom stereocenters. The van der Waals surface area contributed by atoms with Crippen LogP contribution in [0.3, 0.4) is 0 Å². The van der Waals surface area contributed by atoms with Crippen molar-refractivity contribution in [3.63, 3.8) is 0 Å². The molecule has 0 fully saturated rings. The maximum atomic E-state index is 11.2. The molecule has 0 amide bonds. The Morgan fingerprint density at radius 1 is 0.739 bits per heavy atom. The van der Waals surface area contributed by atoms with Crippen molar-refractivity contribution in [2.75, 3.05) is 14.2 Å². The molecule has 2 aromatic carbocycles. The topological polar surface area (TPSA) is 114 Å². The fourth-order valence-electron chi connectivity index (χ4n) is 1.98. The Bertz CT molecular complexity index is 697. The van der Waals surface area contributed by atoms with Crippen molar-refractivity contribution in [3.8, 4) is 23.0 Å². The zero-order chi connectivity index (χ0) is 17.0. The van der Waals surface area contributed by atoms with Crippen LogP contribution in [0.25, 0.3) is 0 Å². The van der Waals surface area contributed by atoms with E-state index in [4.69, 9.17) is 14.2 Å². The Labute approximate surface area is 130 Å². The van der Waals surface area contributed by atoms with E-state index in [0.717, 1.165) is 0 Å². The Morgan fingerprint density at radius 3 is 1.39 bits per heavy atom. The molecule has 0 bridgehead atoms. The standard InChI is InChI=1S/C14H12N2O7/c1-21-9-5-3-7-11(13(9)15(17)18)23-12-8-4-6-10(22-2)14(12)16(19)20/h3-8H,1-2H3. The monoisotopic (exact) mass is 320 g/mol. The van der Waals surface area contributed by atoms with Crippen molar-refractivity contribution in [2.24, 2.45) is 0 Å². The van der Waals surface area contributed by atoms with Crippen LogP contribution in [-0.2, 0) is 0 Å². The number of ether oxygens (including phenoxy) is 3. The minimum Gasteiger partial charge on any atom is -0.490 e. The summed E-state index contributed by atoms with van der Waals surface area (Å²) >= 11 is 0. The summed E-state index contributed by atoms with van der Waals surface area (Å²) in [7, 11) is 2.56. The summed E-state index contributed by atoms with van der Waals surface area (Å²) in [6.45, 7) is 0. The number of hydrogen-bond donors (Lipinski definition) is 0. The van der Waals surface area contributed by atoms with E-state index >= 15 is 0 Å². The predicted octanol–water partition coefficient (Wildman–Crippen LogP) is 3.31. The lowest BCUT2D eigenvalue weighted by Crippen LogP contribution is -2.00. The van der Waals surface area contributed by atoms with Crippen LogP contribution < -0.4 is 14.2 Å². The highest BCUT2D eigenvalue weighted by Crippen LogP contribution is 2.43. The highest BCUT2D eigenvalue weighted by molar-refractivity contribution is 5.62. The third-order valence-corrected chi connectivity index (χ3v) is 2.95. The molecule has 0 saturated carbocycles. The van der Waals surface area contributed by atoms with Crippen molar-refractivity contribution in [2.45, 2.75) is 0 Å². The second-order valence-electron chi connectivity index (χ2n) is 4.23. The fourth-order valence-corrected chi connectivity index (χ4v) is 1.98. The molecule has 9 heteroatoms. The van der Waals surface area contributed by atoms with Gasteiger partial charge in [0.25, 0.3) is 0 Å². The van der Waals surface area contributed by atoms with Crippen LogP contribution in [0.15, 0.2) is 36.4 Å². The van der Waals surface area contributed by atoms with E-state index in [1.807, 2.05) is 0 Å². The number of rotatable bonds is 6. The van der Waals surface area contributed by atoms with Gasteiger partial charge >= 0.3 is 11.4 Å². The smallest absolute Gasteiger partial charge is 0.352 e. The number of nitro benzene ring substituents is 2. The summed E-state index contributed by atoms with van der Waals surface area (Å²) in [6.07, 6.45) is 0. The fraction of sp³-hybridized carbons (Fsp3) is 0.143. The van der Waals surface area contributed by atoms with Gasteiger partial charge in [0.05, 0.1) is 24.1 Å². The quantitative estimate of drug-likeness (QED) is 0.592. The molecule has 0 aliphatic carbocycles. The summed E-state index contributed by atoms with van der Waals surface area (Å²) in [5.41, 5.74) is -0.848. The van der Waals surface area contributed by atoms with Gasteiger partial charge in [-0.15, -0.1) is 0 Å². The highest BCUT2D eigenvalue weighted by atomic mass is 16.6. The molecule has 0 atom stereocenters. The third kappa shape index (κ3) is 3.12. The molecule has 120 valence electrons. The van der Waals surface area contributed by atoms with Gasteiger partial charge in [-0.05, 0) is 24.3 Å². The van der Waals surface area contributed by atoms with Crippen molar-refractivity contribution >= 4 is 11.4 Å². The van der Waals surface area contributed by atoms with Crippen molar-refractivity contribution in [1.82, 2.24) is 0 Å². The van der Waals surface area contributed by atoms with E-state index in [1.54, 1.807) is 0 Å². The molecule has 2 aromatic rings. The molecular weight excluding hydrogens is 308 g/mol. The second-order valence-corrected chi connectivity index (χ2v) is 4.23. The van der Waals surface area contributed by atoms with Gasteiger partial charge in [-0.3, -0.25) is 20.2 Å². The molecule has 0 radical (unpaired) electrons. The second kappa shape index (κ2) is 6.60. The van der Waals surface area contributed by atoms with Crippen LogP contribution in [0.4, 0.5) is 11.4 Å². The number of nitro groups is 2. The maximum Gasteiger partial charge on any atom is 0.352 e. The van der Waals surface area contributed by atoms with Crippen LogP contribution >= 0.6 is 0 Å². The molecule has 0 aromatic heterocycles. The van der Waals surface area contributed by atoms with E-state index in [-0.39, 0.29) is 23.0 Å². The minimum absolute atomic E-state index is 0.0157. The lowest BCUT2D eigenvalue weighted by Gasteiger charge is -2.10. The van der Waals surface area contributed by atoms with Crippen LogP contribution in [0, 0.1) is 20.2 Å². The van der Waals surface area contributed by atoms with E-state index in [2.05, 4.69) is 0 Å². The van der Waals surface area contributed by atoms with Gasteiger partial charge in [0, 0.05) is 0 Å². The van der Waals surface area contributed by atoms with Gasteiger partial charge in [-0.25, -0.2) is 0 Å². The number of nitrogens with zero attached hydrogens (tertiary/aromatic N) is 2. The van der Waals surface area contributed by atoms with Gasteiger partial charge in [0.1, 0.15) is 0 Å². The molecule has 0 aliphatic rings. The first kappa shape index (κ1) is 16.0. The van der Waals surface area contributed by atoms with Gasteiger partial charge in [0.2, 0.25) is 23.0 Å². The van der Waals surface area contributed by atoms with E-state index in [1.165, 1.54) is 50.6 Å². The first-order valence-corrected chi connectivity index (χ1v) is 6.30. The normalized spacial score (nSPS) is 10.0. The Hall–Kier alpha value is -3.36. The third-order valence-electron chi connectivity index (χ3n) is 2.95. The molecule has 9 nitrogen and oxygen atoms in total. The minimum atomic E-state index is -0.680. The highest BCUT2D eigenvalue weighted by Gasteiger charge is 2.27. The Balaban J connectivity index is 2.57. The van der Waals surface area contributed by atoms with Gasteiger partial charge < -0.3 is 14.2 Å². The summed E-state index contributed by atoms with van der Waals surface area (Å²) < 4.78 is 15.3. The summed E-state index contributed by atoms with van der Waals surface area (Å²) in [4.78, 5) is 21.1. The average molecular weight is 320 g/mol. The average Bonchev–Trinajstić information content (AvgIpc) is 2.53. The van der Waals surface area contributed by atoms with Crippen LogP contribution in [0.2, 0.25) is 0 Å². The molecule has 0 aliphatic heterocycles. The van der Waals surface area contributed by atoms with Crippen LogP contribution in [-0.4, -0.2) is 24.1 Å². The first-order valence-electron chi connectivity index (χ1n) is 6.30. The van der Waals surface area contributed by atoms with Crippen LogP contribution in [0.5, 0.6) is 23.0 Å². The van der Waals surface area contributed by atoms with E-state index in [0.29, 0.717) is 0 Å². The predicted molar refractivity (Wildman–Crippen MR) is 79.4 cm³/mol. The SMILES string of the molecule is COc1cccc(Oc2cccc(OC)c2[N+](=O)[O-])c1[N+](=O)[O-]. The zero-order valence-electron chi connectivity index (χ0n) is 12.2. The van der Waals surface area contributed by atoms with Gasteiger partial charge in [-0.2, -0.15) is 0 Å². The Kier molecular flexibility index (Phi) is 4.60. The molecule has 0 spiro atoms. The Morgan fingerprint density at radius 2 is 1.09 bits per heavy atom. The van der Waals surface area contributed by atoms with Crippen molar-refractivity contribution in [3.05, 3.63) is 56.6 Å². The first-order chi connectivity index (χ1) is 11.0. The zero-order valence-corrected chi connectivity index (χ0v) is 12.2. The summed E-state index contributed by atoms with van der Waals surface area (Å²) in [5, 5.41) is 22.4. The van der Waals surface area contributed by atoms with E-state index in [9.17, 15) is 20.2 Å². The molecule has 23 heavy (non-hydrogen) atoms. The largest absolute Gasteiger partial charge is 0.490 e. The van der Waals surface area contributed by atoms with E-state index < -0.39 is 21.2 Å². The number of benzene rings is 2. The maximum absolute atomic E-state index is 11.2. The van der Waals surface area contributed by atoms with Gasteiger partial charge in [0.15, 0.2) is 0 Å². The molecular formula is C14H12N2O7. The lowest BCUT2D eigenvalue weighted by molar-refractivity contribution is -0.388. The van der Waals surface area contributed by atoms with Crippen molar-refractivity contribution in [1.29, 1.82) is 0 Å². The molecule has 0 N–H and O–H groups in total. The number of methoxy groups -OCH3 is 2.